The zero-order chi connectivity index (χ0) is 23.2. The summed E-state index contributed by atoms with van der Waals surface area (Å²) in [7, 11) is 2.03. The molecular formula is C28H39N5. The van der Waals surface area contributed by atoms with Gasteiger partial charge in [0, 0.05) is 62.6 Å². The van der Waals surface area contributed by atoms with Crippen LogP contribution < -0.4 is 10.2 Å². The van der Waals surface area contributed by atoms with E-state index in [0.29, 0.717) is 0 Å². The number of para-hydroxylation sites is 1. The molecule has 2 heterocycles. The van der Waals surface area contributed by atoms with E-state index in [1.807, 2.05) is 7.05 Å². The predicted octanol–water partition coefficient (Wildman–Crippen LogP) is 4.53. The number of hydrogen-bond donors (Lipinski definition) is 1. The Morgan fingerprint density at radius 3 is 2.36 bits per heavy atom. The summed E-state index contributed by atoms with van der Waals surface area (Å²) in [6, 6.07) is 17.2. The molecule has 0 aliphatic carbocycles. The number of benzene rings is 2. The first-order chi connectivity index (χ1) is 16.1. The van der Waals surface area contributed by atoms with Gasteiger partial charge in [-0.3, -0.25) is 4.90 Å². The summed E-state index contributed by atoms with van der Waals surface area (Å²) >= 11 is 0. The van der Waals surface area contributed by atoms with E-state index in [4.69, 9.17) is 5.10 Å². The third-order valence-electron chi connectivity index (χ3n) is 6.97. The zero-order valence-electron chi connectivity index (χ0n) is 20.8. The quantitative estimate of drug-likeness (QED) is 0.525. The van der Waals surface area contributed by atoms with Crippen molar-refractivity contribution in [1.82, 2.24) is 20.0 Å². The maximum atomic E-state index is 5.13. The van der Waals surface area contributed by atoms with Gasteiger partial charge in [-0.1, -0.05) is 43.7 Å². The Kier molecular flexibility index (Phi) is 7.84. The van der Waals surface area contributed by atoms with Crippen molar-refractivity contribution in [1.29, 1.82) is 0 Å². The Balaban J connectivity index is 1.45. The Morgan fingerprint density at radius 1 is 0.909 bits per heavy atom. The Morgan fingerprint density at radius 2 is 1.67 bits per heavy atom. The van der Waals surface area contributed by atoms with E-state index in [0.717, 1.165) is 64.2 Å². The molecule has 1 aliphatic rings. The molecular weight excluding hydrogens is 406 g/mol. The number of aryl methyl sites for hydroxylation is 1. The number of anilines is 1. The molecule has 176 valence electrons. The van der Waals surface area contributed by atoms with E-state index >= 15 is 0 Å². The fraction of sp³-hybridized carbons (Fsp3) is 0.464. The normalized spacial score (nSPS) is 14.7. The lowest BCUT2D eigenvalue weighted by molar-refractivity contribution is 0.260. The molecule has 0 spiro atoms. The molecule has 1 aromatic heterocycles. The van der Waals surface area contributed by atoms with Crippen LogP contribution in [0.3, 0.4) is 0 Å². The fourth-order valence-electron chi connectivity index (χ4n) is 4.95. The van der Waals surface area contributed by atoms with Crippen LogP contribution in [0.25, 0.3) is 5.69 Å². The highest BCUT2D eigenvalue weighted by Gasteiger charge is 2.21. The van der Waals surface area contributed by atoms with E-state index in [-0.39, 0.29) is 0 Å². The summed E-state index contributed by atoms with van der Waals surface area (Å²) in [6.45, 7) is 13.0. The Bertz CT molecular complexity index is 1030. The molecule has 0 amide bonds. The van der Waals surface area contributed by atoms with Crippen LogP contribution in [-0.4, -0.2) is 54.5 Å². The van der Waals surface area contributed by atoms with Crippen LogP contribution in [0.4, 0.5) is 5.69 Å². The van der Waals surface area contributed by atoms with Gasteiger partial charge < -0.3 is 10.2 Å². The maximum Gasteiger partial charge on any atom is 0.0689 e. The fourth-order valence-corrected chi connectivity index (χ4v) is 4.95. The van der Waals surface area contributed by atoms with Crippen LogP contribution >= 0.6 is 0 Å². The van der Waals surface area contributed by atoms with Gasteiger partial charge in [0.25, 0.3) is 0 Å². The SMILES string of the molecule is CCCc1c(CNC)c(CCN2CCN(c3cccc(C)c3C)CC2)nn1-c1ccccc1. The third-order valence-corrected chi connectivity index (χ3v) is 6.97. The van der Waals surface area contributed by atoms with Crippen LogP contribution in [0.5, 0.6) is 0 Å². The van der Waals surface area contributed by atoms with Crippen molar-refractivity contribution in [2.75, 3.05) is 44.7 Å². The second-order valence-electron chi connectivity index (χ2n) is 9.20. The molecule has 5 nitrogen and oxygen atoms in total. The van der Waals surface area contributed by atoms with Gasteiger partial charge >= 0.3 is 0 Å². The van der Waals surface area contributed by atoms with Gasteiger partial charge in [0.15, 0.2) is 0 Å². The average molecular weight is 446 g/mol. The number of nitrogens with zero attached hydrogens (tertiary/aromatic N) is 4. The van der Waals surface area contributed by atoms with Crippen LogP contribution in [0.15, 0.2) is 48.5 Å². The molecule has 0 bridgehead atoms. The number of rotatable bonds is 9. The molecule has 1 aliphatic heterocycles. The lowest BCUT2D eigenvalue weighted by Gasteiger charge is -2.37. The van der Waals surface area contributed by atoms with E-state index in [1.54, 1.807) is 0 Å². The molecule has 0 radical (unpaired) electrons. The zero-order valence-corrected chi connectivity index (χ0v) is 20.8. The van der Waals surface area contributed by atoms with Crippen molar-refractivity contribution in [3.63, 3.8) is 0 Å². The van der Waals surface area contributed by atoms with Crippen molar-refractivity contribution in [3.8, 4) is 5.69 Å². The van der Waals surface area contributed by atoms with Crippen molar-refractivity contribution in [3.05, 3.63) is 76.6 Å². The molecule has 33 heavy (non-hydrogen) atoms. The standard InChI is InChI=1S/C28H39N5/c1-5-10-28-25(21-29-4)26(30-33(28)24-12-7-6-8-13-24)15-16-31-17-19-32(20-18-31)27-14-9-11-22(2)23(27)3/h6-9,11-14,29H,5,10,15-21H2,1-4H3. The van der Waals surface area contributed by atoms with Crippen LogP contribution in [0.1, 0.15) is 41.4 Å². The van der Waals surface area contributed by atoms with Gasteiger partial charge in [-0.15, -0.1) is 0 Å². The van der Waals surface area contributed by atoms with E-state index < -0.39 is 0 Å². The summed E-state index contributed by atoms with van der Waals surface area (Å²) in [6.07, 6.45) is 3.17. The second kappa shape index (κ2) is 11.0. The third kappa shape index (κ3) is 5.31. The van der Waals surface area contributed by atoms with Crippen molar-refractivity contribution in [2.24, 2.45) is 0 Å². The number of hydrogen-bond acceptors (Lipinski definition) is 4. The maximum absolute atomic E-state index is 5.13. The minimum atomic E-state index is 0.873. The van der Waals surface area contributed by atoms with Crippen molar-refractivity contribution >= 4 is 5.69 Å². The highest BCUT2D eigenvalue weighted by Crippen LogP contribution is 2.25. The first-order valence-electron chi connectivity index (χ1n) is 12.5. The van der Waals surface area contributed by atoms with Crippen molar-refractivity contribution in [2.45, 2.75) is 46.6 Å². The van der Waals surface area contributed by atoms with E-state index in [2.05, 4.69) is 89.1 Å². The molecule has 5 heteroatoms. The molecule has 1 N–H and O–H groups in total. The molecule has 0 unspecified atom stereocenters. The van der Waals surface area contributed by atoms with Crippen LogP contribution in [0, 0.1) is 13.8 Å². The first kappa shape index (κ1) is 23.5. The van der Waals surface area contributed by atoms with Gasteiger partial charge in [0.2, 0.25) is 0 Å². The van der Waals surface area contributed by atoms with Gasteiger partial charge in [-0.2, -0.15) is 5.10 Å². The number of aromatic nitrogens is 2. The topological polar surface area (TPSA) is 36.3 Å². The van der Waals surface area contributed by atoms with Crippen LogP contribution in [0.2, 0.25) is 0 Å². The smallest absolute Gasteiger partial charge is 0.0689 e. The monoisotopic (exact) mass is 445 g/mol. The van der Waals surface area contributed by atoms with Gasteiger partial charge in [0.1, 0.15) is 0 Å². The first-order valence-corrected chi connectivity index (χ1v) is 12.5. The van der Waals surface area contributed by atoms with E-state index in [9.17, 15) is 0 Å². The van der Waals surface area contributed by atoms with Gasteiger partial charge in [-0.05, 0) is 56.6 Å². The van der Waals surface area contributed by atoms with Crippen molar-refractivity contribution < 1.29 is 0 Å². The molecule has 3 aromatic rings. The minimum absolute atomic E-state index is 0.873. The molecule has 0 atom stereocenters. The Labute approximate surface area is 199 Å². The Hall–Kier alpha value is -2.63. The summed E-state index contributed by atoms with van der Waals surface area (Å²) in [5.41, 5.74) is 9.34. The van der Waals surface area contributed by atoms with E-state index in [1.165, 1.54) is 33.8 Å². The average Bonchev–Trinajstić information content (AvgIpc) is 3.18. The van der Waals surface area contributed by atoms with Crippen LogP contribution in [-0.2, 0) is 19.4 Å². The molecule has 0 saturated carbocycles. The molecule has 1 saturated heterocycles. The molecule has 1 fully saturated rings. The molecule has 4 rings (SSSR count). The minimum Gasteiger partial charge on any atom is -0.369 e. The molecule has 2 aromatic carbocycles. The summed E-state index contributed by atoms with van der Waals surface area (Å²) in [5, 5.41) is 8.51. The lowest BCUT2D eigenvalue weighted by Crippen LogP contribution is -2.47. The summed E-state index contributed by atoms with van der Waals surface area (Å²) < 4.78 is 2.18. The van der Waals surface area contributed by atoms with Gasteiger partial charge in [-0.25, -0.2) is 4.68 Å². The summed E-state index contributed by atoms with van der Waals surface area (Å²) in [5.74, 6) is 0. The summed E-state index contributed by atoms with van der Waals surface area (Å²) in [4.78, 5) is 5.15. The number of piperazine rings is 1. The highest BCUT2D eigenvalue weighted by molar-refractivity contribution is 5.56. The highest BCUT2D eigenvalue weighted by atomic mass is 15.3. The number of nitrogens with one attached hydrogen (secondary N) is 1. The van der Waals surface area contributed by atoms with Gasteiger partial charge in [0.05, 0.1) is 11.4 Å². The second-order valence-corrected chi connectivity index (χ2v) is 9.20. The lowest BCUT2D eigenvalue weighted by atomic mass is 10.1. The predicted molar refractivity (Wildman–Crippen MR) is 139 cm³/mol. The largest absolute Gasteiger partial charge is 0.369 e.